The Labute approximate surface area is 221 Å². The van der Waals surface area contributed by atoms with Gasteiger partial charge in [0.15, 0.2) is 6.23 Å². The predicted molar refractivity (Wildman–Crippen MR) is 143 cm³/mol. The van der Waals surface area contributed by atoms with E-state index in [1.54, 1.807) is 6.07 Å². The zero-order chi connectivity index (χ0) is 26.1. The first-order valence-electron chi connectivity index (χ1n) is 12.9. The quantitative estimate of drug-likeness (QED) is 0.354. The molecule has 38 heavy (non-hydrogen) atoms. The standard InChI is InChI=1S/C32H30FNO4/c33-26-16-17-27-22(20-26)18-19-34(27)31-30(36)29(35)28(38-31)21-37-32(23-10-4-1-5-11-23,24-12-6-2-7-13-24)25-14-8-3-9-15-25/h1-17,20,28-31,35-36H,18-19,21H2. The number of hydrogen-bond donors (Lipinski definition) is 2. The first-order valence-corrected chi connectivity index (χ1v) is 12.9. The van der Waals surface area contributed by atoms with Crippen molar-refractivity contribution in [2.45, 2.75) is 36.6 Å². The zero-order valence-corrected chi connectivity index (χ0v) is 20.9. The summed E-state index contributed by atoms with van der Waals surface area (Å²) >= 11 is 0. The van der Waals surface area contributed by atoms with Crippen LogP contribution in [0.4, 0.5) is 10.1 Å². The smallest absolute Gasteiger partial charge is 0.159 e. The lowest BCUT2D eigenvalue weighted by atomic mass is 9.80. The summed E-state index contributed by atoms with van der Waals surface area (Å²) in [7, 11) is 0. The number of halogens is 1. The fraction of sp³-hybridized carbons (Fsp3) is 0.250. The molecule has 0 saturated carbocycles. The van der Waals surface area contributed by atoms with E-state index in [0.29, 0.717) is 13.0 Å². The number of ether oxygens (including phenoxy) is 2. The number of fused-ring (bicyclic) bond motifs is 1. The average Bonchev–Trinajstić information content (AvgIpc) is 3.50. The van der Waals surface area contributed by atoms with Gasteiger partial charge in [-0.25, -0.2) is 4.39 Å². The van der Waals surface area contributed by atoms with Gasteiger partial charge in [0.2, 0.25) is 0 Å². The van der Waals surface area contributed by atoms with E-state index in [2.05, 4.69) is 0 Å². The molecule has 4 aromatic rings. The van der Waals surface area contributed by atoms with Crippen LogP contribution < -0.4 is 4.90 Å². The van der Waals surface area contributed by atoms with E-state index in [4.69, 9.17) is 9.47 Å². The van der Waals surface area contributed by atoms with Crippen LogP contribution in [-0.4, -0.2) is 47.9 Å². The fourth-order valence-electron chi connectivity index (χ4n) is 5.76. The minimum absolute atomic E-state index is 0.0392. The third-order valence-electron chi connectivity index (χ3n) is 7.62. The first kappa shape index (κ1) is 24.8. The SMILES string of the molecule is OC1C(COC(c2ccccc2)(c2ccccc2)c2ccccc2)OC(N2CCc3cc(F)ccc32)C1O. The van der Waals surface area contributed by atoms with E-state index in [1.165, 1.54) is 12.1 Å². The summed E-state index contributed by atoms with van der Waals surface area (Å²) in [5, 5.41) is 22.0. The number of anilines is 1. The van der Waals surface area contributed by atoms with Gasteiger partial charge in [0.25, 0.3) is 0 Å². The monoisotopic (exact) mass is 511 g/mol. The molecule has 4 unspecified atom stereocenters. The van der Waals surface area contributed by atoms with Gasteiger partial charge in [-0.15, -0.1) is 0 Å². The van der Waals surface area contributed by atoms with Crippen LogP contribution in [0.2, 0.25) is 0 Å². The summed E-state index contributed by atoms with van der Waals surface area (Å²) in [6.45, 7) is 0.611. The molecule has 0 aromatic heterocycles. The molecule has 1 fully saturated rings. The summed E-state index contributed by atoms with van der Waals surface area (Å²) < 4.78 is 26.8. The first-order chi connectivity index (χ1) is 18.6. The summed E-state index contributed by atoms with van der Waals surface area (Å²) in [5.74, 6) is -0.288. The molecule has 2 aliphatic rings. The van der Waals surface area contributed by atoms with E-state index in [1.807, 2.05) is 95.9 Å². The predicted octanol–water partition coefficient (Wildman–Crippen LogP) is 4.64. The van der Waals surface area contributed by atoms with Crippen LogP contribution in [-0.2, 0) is 21.5 Å². The lowest BCUT2D eigenvalue weighted by Gasteiger charge is -2.37. The molecular formula is C32H30FNO4. The molecule has 2 N–H and O–H groups in total. The number of aliphatic hydroxyl groups is 2. The second kappa shape index (κ2) is 10.3. The molecule has 5 nitrogen and oxygen atoms in total. The number of hydrogen-bond acceptors (Lipinski definition) is 5. The molecule has 6 rings (SSSR count). The molecular weight excluding hydrogens is 481 g/mol. The van der Waals surface area contributed by atoms with Gasteiger partial charge >= 0.3 is 0 Å². The average molecular weight is 512 g/mol. The Bertz CT molecular complexity index is 1270. The number of benzene rings is 4. The van der Waals surface area contributed by atoms with Crippen molar-refractivity contribution >= 4 is 5.69 Å². The Morgan fingerprint density at radius 1 is 0.789 bits per heavy atom. The Balaban J connectivity index is 1.32. The molecule has 0 bridgehead atoms. The van der Waals surface area contributed by atoms with Crippen molar-refractivity contribution in [3.05, 3.63) is 137 Å². The minimum atomic E-state index is -1.15. The van der Waals surface area contributed by atoms with Gasteiger partial charge in [-0.2, -0.15) is 0 Å². The van der Waals surface area contributed by atoms with E-state index in [9.17, 15) is 14.6 Å². The molecule has 2 heterocycles. The third kappa shape index (κ3) is 4.29. The molecule has 4 aromatic carbocycles. The highest BCUT2D eigenvalue weighted by Gasteiger charge is 2.48. The highest BCUT2D eigenvalue weighted by Crippen LogP contribution is 2.42. The Morgan fingerprint density at radius 2 is 1.34 bits per heavy atom. The maximum Gasteiger partial charge on any atom is 0.159 e. The van der Waals surface area contributed by atoms with Crippen molar-refractivity contribution < 1.29 is 24.1 Å². The highest BCUT2D eigenvalue weighted by atomic mass is 19.1. The second-order valence-electron chi connectivity index (χ2n) is 9.85. The lowest BCUT2D eigenvalue weighted by Crippen LogP contribution is -2.43. The summed E-state index contributed by atoms with van der Waals surface area (Å²) in [6, 6.07) is 34.6. The zero-order valence-electron chi connectivity index (χ0n) is 20.9. The molecule has 6 heteroatoms. The Kier molecular flexibility index (Phi) is 6.72. The maximum absolute atomic E-state index is 13.7. The third-order valence-corrected chi connectivity index (χ3v) is 7.62. The topological polar surface area (TPSA) is 62.2 Å². The van der Waals surface area contributed by atoms with Crippen molar-refractivity contribution in [1.82, 2.24) is 0 Å². The van der Waals surface area contributed by atoms with Crippen LogP contribution in [0, 0.1) is 5.82 Å². The van der Waals surface area contributed by atoms with E-state index >= 15 is 0 Å². The van der Waals surface area contributed by atoms with E-state index in [0.717, 1.165) is 27.9 Å². The number of aliphatic hydroxyl groups excluding tert-OH is 2. The Morgan fingerprint density at radius 3 is 1.89 bits per heavy atom. The van der Waals surface area contributed by atoms with Crippen LogP contribution in [0.25, 0.3) is 0 Å². The molecule has 2 aliphatic heterocycles. The van der Waals surface area contributed by atoms with Gasteiger partial charge in [0.1, 0.15) is 29.7 Å². The molecule has 0 radical (unpaired) electrons. The van der Waals surface area contributed by atoms with E-state index < -0.39 is 30.1 Å². The van der Waals surface area contributed by atoms with Crippen molar-refractivity contribution in [2.75, 3.05) is 18.1 Å². The number of nitrogens with zero attached hydrogens (tertiary/aromatic N) is 1. The van der Waals surface area contributed by atoms with Crippen LogP contribution in [0.3, 0.4) is 0 Å². The molecule has 0 spiro atoms. The van der Waals surface area contributed by atoms with Gasteiger partial charge in [-0.3, -0.25) is 0 Å². The molecule has 0 amide bonds. The van der Waals surface area contributed by atoms with Crippen LogP contribution in [0.5, 0.6) is 0 Å². The molecule has 0 aliphatic carbocycles. The fourth-order valence-corrected chi connectivity index (χ4v) is 5.76. The Hall–Kier alpha value is -3.55. The van der Waals surface area contributed by atoms with Crippen molar-refractivity contribution in [3.63, 3.8) is 0 Å². The molecule has 4 atom stereocenters. The van der Waals surface area contributed by atoms with Crippen LogP contribution in [0.15, 0.2) is 109 Å². The van der Waals surface area contributed by atoms with Crippen LogP contribution in [0.1, 0.15) is 22.3 Å². The highest BCUT2D eigenvalue weighted by molar-refractivity contribution is 5.59. The molecule has 1 saturated heterocycles. The summed E-state index contributed by atoms with van der Waals surface area (Å²) in [6.07, 6.45) is -3.17. The maximum atomic E-state index is 13.7. The van der Waals surface area contributed by atoms with Crippen LogP contribution >= 0.6 is 0 Å². The van der Waals surface area contributed by atoms with Crippen molar-refractivity contribution in [1.29, 1.82) is 0 Å². The lowest BCUT2D eigenvalue weighted by molar-refractivity contribution is -0.0821. The minimum Gasteiger partial charge on any atom is -0.387 e. The van der Waals surface area contributed by atoms with Gasteiger partial charge in [0, 0.05) is 12.2 Å². The van der Waals surface area contributed by atoms with Crippen molar-refractivity contribution in [3.8, 4) is 0 Å². The summed E-state index contributed by atoms with van der Waals surface area (Å²) in [4.78, 5) is 1.90. The normalized spacial score (nSPS) is 23.0. The van der Waals surface area contributed by atoms with Gasteiger partial charge in [-0.1, -0.05) is 91.0 Å². The van der Waals surface area contributed by atoms with Gasteiger partial charge in [0.05, 0.1) is 6.61 Å². The van der Waals surface area contributed by atoms with Gasteiger partial charge in [-0.05, 0) is 46.9 Å². The number of rotatable bonds is 7. The molecule has 194 valence electrons. The van der Waals surface area contributed by atoms with Crippen molar-refractivity contribution in [2.24, 2.45) is 0 Å². The summed E-state index contributed by atoms with van der Waals surface area (Å²) in [5.41, 5.74) is 3.54. The largest absolute Gasteiger partial charge is 0.387 e. The van der Waals surface area contributed by atoms with E-state index in [-0.39, 0.29) is 12.4 Å². The van der Waals surface area contributed by atoms with Gasteiger partial charge < -0.3 is 24.6 Å². The second-order valence-corrected chi connectivity index (χ2v) is 9.85.